The lowest BCUT2D eigenvalue weighted by Crippen LogP contribution is -2.46. The van der Waals surface area contributed by atoms with E-state index < -0.39 is 0 Å². The van der Waals surface area contributed by atoms with E-state index in [4.69, 9.17) is 0 Å². The summed E-state index contributed by atoms with van der Waals surface area (Å²) in [5.41, 5.74) is 2.71. The third kappa shape index (κ3) is 3.03. The third-order valence-electron chi connectivity index (χ3n) is 4.01. The zero-order valence-electron chi connectivity index (χ0n) is 11.8. The van der Waals surface area contributed by atoms with Gasteiger partial charge in [0.2, 0.25) is 0 Å². The van der Waals surface area contributed by atoms with E-state index in [0.717, 1.165) is 13.1 Å². The van der Waals surface area contributed by atoms with Gasteiger partial charge in [0.25, 0.3) is 0 Å². The molecule has 2 rings (SSSR count). The van der Waals surface area contributed by atoms with Gasteiger partial charge in [-0.05, 0) is 38.2 Å². The normalized spacial score (nSPS) is 18.9. The Labute approximate surface area is 111 Å². The van der Waals surface area contributed by atoms with Gasteiger partial charge < -0.3 is 15.1 Å². The summed E-state index contributed by atoms with van der Waals surface area (Å²) in [5, 5.41) is 3.27. The van der Waals surface area contributed by atoms with Crippen molar-refractivity contribution in [1.82, 2.24) is 10.2 Å². The van der Waals surface area contributed by atoms with Gasteiger partial charge in [0, 0.05) is 37.9 Å². The Morgan fingerprint density at radius 2 is 1.72 bits per heavy atom. The Kier molecular flexibility index (Phi) is 4.61. The number of hydrogen-bond acceptors (Lipinski definition) is 3. The summed E-state index contributed by atoms with van der Waals surface area (Å²) in [7, 11) is 2.00. The molecule has 0 aromatic heterocycles. The molecule has 1 aliphatic rings. The lowest BCUT2D eigenvalue weighted by molar-refractivity contribution is 0.271. The van der Waals surface area contributed by atoms with Crippen molar-refractivity contribution in [3.8, 4) is 0 Å². The highest BCUT2D eigenvalue weighted by atomic mass is 15.3. The van der Waals surface area contributed by atoms with Crippen LogP contribution in [0, 0.1) is 0 Å². The first kappa shape index (κ1) is 13.4. The van der Waals surface area contributed by atoms with Gasteiger partial charge in [-0.15, -0.1) is 0 Å². The van der Waals surface area contributed by atoms with E-state index in [0.29, 0.717) is 6.04 Å². The van der Waals surface area contributed by atoms with Crippen molar-refractivity contribution in [1.29, 1.82) is 0 Å². The van der Waals surface area contributed by atoms with E-state index >= 15 is 0 Å². The summed E-state index contributed by atoms with van der Waals surface area (Å²) < 4.78 is 0. The van der Waals surface area contributed by atoms with Gasteiger partial charge in [-0.3, -0.25) is 0 Å². The van der Waals surface area contributed by atoms with Crippen LogP contribution in [0.25, 0.3) is 0 Å². The lowest BCUT2D eigenvalue weighted by atomic mass is 10.1. The standard InChI is InChI=1S/C15H25N3/c1-4-17-9-11-18(12-10-17)15-7-5-14(6-8-15)13(2)16-3/h5-8,13,16H,4,9-12H2,1-3H3/t13-/m1/s1. The average Bonchev–Trinajstić information content (AvgIpc) is 2.47. The molecule has 1 aliphatic heterocycles. The Hall–Kier alpha value is -1.06. The van der Waals surface area contributed by atoms with Gasteiger partial charge in [0.1, 0.15) is 0 Å². The molecule has 0 saturated carbocycles. The summed E-state index contributed by atoms with van der Waals surface area (Å²) >= 11 is 0. The molecule has 0 aliphatic carbocycles. The van der Waals surface area contributed by atoms with Gasteiger partial charge in [0.05, 0.1) is 0 Å². The number of nitrogens with one attached hydrogen (secondary N) is 1. The Balaban J connectivity index is 1.98. The highest BCUT2D eigenvalue weighted by molar-refractivity contribution is 5.48. The molecule has 0 radical (unpaired) electrons. The van der Waals surface area contributed by atoms with E-state index in [9.17, 15) is 0 Å². The number of nitrogens with zero attached hydrogens (tertiary/aromatic N) is 2. The minimum atomic E-state index is 0.427. The zero-order chi connectivity index (χ0) is 13.0. The maximum Gasteiger partial charge on any atom is 0.0367 e. The van der Waals surface area contributed by atoms with Gasteiger partial charge in [-0.1, -0.05) is 19.1 Å². The Morgan fingerprint density at radius 3 is 2.22 bits per heavy atom. The van der Waals surface area contributed by atoms with Crippen molar-refractivity contribution in [2.75, 3.05) is 44.7 Å². The fourth-order valence-corrected chi connectivity index (χ4v) is 2.46. The maximum absolute atomic E-state index is 3.27. The molecule has 1 fully saturated rings. The minimum Gasteiger partial charge on any atom is -0.369 e. The van der Waals surface area contributed by atoms with Crippen molar-refractivity contribution >= 4 is 5.69 Å². The molecule has 18 heavy (non-hydrogen) atoms. The number of hydrogen-bond donors (Lipinski definition) is 1. The van der Waals surface area contributed by atoms with Crippen LogP contribution >= 0.6 is 0 Å². The molecule has 1 atom stereocenters. The molecule has 0 amide bonds. The molecule has 0 spiro atoms. The number of anilines is 1. The van der Waals surface area contributed by atoms with Crippen LogP contribution in [0.4, 0.5) is 5.69 Å². The van der Waals surface area contributed by atoms with E-state index in [1.807, 2.05) is 7.05 Å². The highest BCUT2D eigenvalue weighted by Crippen LogP contribution is 2.20. The van der Waals surface area contributed by atoms with Crippen molar-refractivity contribution in [2.24, 2.45) is 0 Å². The van der Waals surface area contributed by atoms with Crippen LogP contribution in [0.15, 0.2) is 24.3 Å². The molecule has 3 nitrogen and oxygen atoms in total. The quantitative estimate of drug-likeness (QED) is 0.879. The van der Waals surface area contributed by atoms with E-state index in [1.165, 1.54) is 30.9 Å². The van der Waals surface area contributed by atoms with Crippen molar-refractivity contribution < 1.29 is 0 Å². The van der Waals surface area contributed by atoms with Crippen LogP contribution < -0.4 is 10.2 Å². The topological polar surface area (TPSA) is 18.5 Å². The highest BCUT2D eigenvalue weighted by Gasteiger charge is 2.15. The fraction of sp³-hybridized carbons (Fsp3) is 0.600. The second kappa shape index (κ2) is 6.21. The first-order chi connectivity index (χ1) is 8.74. The zero-order valence-corrected chi connectivity index (χ0v) is 11.8. The summed E-state index contributed by atoms with van der Waals surface area (Å²) in [4.78, 5) is 4.99. The molecular formula is C15H25N3. The van der Waals surface area contributed by atoms with E-state index in [2.05, 4.69) is 53.2 Å². The fourth-order valence-electron chi connectivity index (χ4n) is 2.46. The largest absolute Gasteiger partial charge is 0.369 e. The van der Waals surface area contributed by atoms with Crippen LogP contribution in [-0.4, -0.2) is 44.7 Å². The second-order valence-electron chi connectivity index (χ2n) is 5.02. The molecular weight excluding hydrogens is 222 g/mol. The van der Waals surface area contributed by atoms with Crippen molar-refractivity contribution in [2.45, 2.75) is 19.9 Å². The third-order valence-corrected chi connectivity index (χ3v) is 4.01. The number of benzene rings is 1. The molecule has 1 N–H and O–H groups in total. The van der Waals surface area contributed by atoms with Gasteiger partial charge in [-0.25, -0.2) is 0 Å². The van der Waals surface area contributed by atoms with Crippen LogP contribution in [-0.2, 0) is 0 Å². The smallest absolute Gasteiger partial charge is 0.0367 e. The molecule has 100 valence electrons. The summed E-state index contributed by atoms with van der Waals surface area (Å²) in [5.74, 6) is 0. The first-order valence-corrected chi connectivity index (χ1v) is 6.99. The van der Waals surface area contributed by atoms with Gasteiger partial charge >= 0.3 is 0 Å². The molecule has 1 aromatic rings. The number of rotatable bonds is 4. The van der Waals surface area contributed by atoms with Gasteiger partial charge in [-0.2, -0.15) is 0 Å². The summed E-state index contributed by atoms with van der Waals surface area (Å²) in [6.07, 6.45) is 0. The minimum absolute atomic E-state index is 0.427. The first-order valence-electron chi connectivity index (χ1n) is 6.99. The molecule has 1 aromatic carbocycles. The lowest BCUT2D eigenvalue weighted by Gasteiger charge is -2.35. The number of likely N-dealkylation sites (N-methyl/N-ethyl adjacent to an activating group) is 1. The average molecular weight is 247 g/mol. The Morgan fingerprint density at radius 1 is 1.11 bits per heavy atom. The summed E-state index contributed by atoms with van der Waals surface area (Å²) in [6, 6.07) is 9.41. The molecule has 3 heteroatoms. The monoisotopic (exact) mass is 247 g/mol. The van der Waals surface area contributed by atoms with Crippen LogP contribution in [0.5, 0.6) is 0 Å². The SMILES string of the molecule is CCN1CCN(c2ccc([C@@H](C)NC)cc2)CC1. The van der Waals surface area contributed by atoms with E-state index in [-0.39, 0.29) is 0 Å². The summed E-state index contributed by atoms with van der Waals surface area (Å²) in [6.45, 7) is 10.3. The van der Waals surface area contributed by atoms with E-state index in [1.54, 1.807) is 0 Å². The maximum atomic E-state index is 3.27. The molecule has 0 bridgehead atoms. The van der Waals surface area contributed by atoms with Gasteiger partial charge in [0.15, 0.2) is 0 Å². The predicted molar refractivity (Wildman–Crippen MR) is 78.2 cm³/mol. The van der Waals surface area contributed by atoms with Crippen LogP contribution in [0.3, 0.4) is 0 Å². The van der Waals surface area contributed by atoms with Crippen molar-refractivity contribution in [3.63, 3.8) is 0 Å². The van der Waals surface area contributed by atoms with Crippen LogP contribution in [0.1, 0.15) is 25.5 Å². The molecule has 0 unspecified atom stereocenters. The predicted octanol–water partition coefficient (Wildman–Crippen LogP) is 2.11. The Bertz CT molecular complexity index is 353. The molecule has 1 heterocycles. The van der Waals surface area contributed by atoms with Crippen LogP contribution in [0.2, 0.25) is 0 Å². The van der Waals surface area contributed by atoms with Crippen molar-refractivity contribution in [3.05, 3.63) is 29.8 Å². The number of piperazine rings is 1. The second-order valence-corrected chi connectivity index (χ2v) is 5.02. The molecule has 1 saturated heterocycles.